The number of nitrogens with zero attached hydrogens (tertiary/aromatic N) is 1. The SMILES string of the molecule is OCC1CCN([C@H]2CCC[C@@H](Oc3cccc(F)c3)[C@@H]2O)CC1. The van der Waals surface area contributed by atoms with E-state index >= 15 is 0 Å². The zero-order valence-electron chi connectivity index (χ0n) is 13.4. The lowest BCUT2D eigenvalue weighted by atomic mass is 9.86. The van der Waals surface area contributed by atoms with Gasteiger partial charge in [-0.05, 0) is 63.2 Å². The number of likely N-dealkylation sites (tertiary alicyclic amines) is 1. The molecule has 23 heavy (non-hydrogen) atoms. The summed E-state index contributed by atoms with van der Waals surface area (Å²) in [4.78, 5) is 2.33. The molecule has 5 heteroatoms. The number of aliphatic hydroxyl groups excluding tert-OH is 2. The lowest BCUT2D eigenvalue weighted by Gasteiger charge is -2.43. The van der Waals surface area contributed by atoms with E-state index in [0.29, 0.717) is 11.7 Å². The molecule has 1 saturated carbocycles. The maximum atomic E-state index is 13.3. The van der Waals surface area contributed by atoms with Crippen LogP contribution in [-0.2, 0) is 0 Å². The van der Waals surface area contributed by atoms with E-state index in [1.807, 2.05) is 0 Å². The van der Waals surface area contributed by atoms with Gasteiger partial charge in [-0.3, -0.25) is 4.90 Å². The first-order chi connectivity index (χ1) is 11.2. The Morgan fingerprint density at radius 1 is 1.17 bits per heavy atom. The van der Waals surface area contributed by atoms with Crippen molar-refractivity contribution in [3.63, 3.8) is 0 Å². The maximum absolute atomic E-state index is 13.3. The predicted molar refractivity (Wildman–Crippen MR) is 85.8 cm³/mol. The van der Waals surface area contributed by atoms with Crippen LogP contribution in [0, 0.1) is 11.7 Å². The van der Waals surface area contributed by atoms with E-state index in [2.05, 4.69) is 4.90 Å². The molecule has 0 unspecified atom stereocenters. The highest BCUT2D eigenvalue weighted by Crippen LogP contribution is 2.30. The summed E-state index contributed by atoms with van der Waals surface area (Å²) in [6, 6.07) is 6.20. The Bertz CT molecular complexity index is 505. The molecule has 3 atom stereocenters. The van der Waals surface area contributed by atoms with Crippen LogP contribution >= 0.6 is 0 Å². The van der Waals surface area contributed by atoms with E-state index in [1.54, 1.807) is 12.1 Å². The molecule has 1 aromatic rings. The number of piperidine rings is 1. The molecule has 1 aromatic carbocycles. The first-order valence-corrected chi connectivity index (χ1v) is 8.62. The summed E-state index contributed by atoms with van der Waals surface area (Å²) >= 11 is 0. The number of hydrogen-bond donors (Lipinski definition) is 2. The maximum Gasteiger partial charge on any atom is 0.126 e. The molecular formula is C18H26FNO3. The third-order valence-electron chi connectivity index (χ3n) is 5.22. The van der Waals surface area contributed by atoms with Gasteiger partial charge in [0.1, 0.15) is 23.8 Å². The summed E-state index contributed by atoms with van der Waals surface area (Å²) in [5, 5.41) is 20.0. The van der Waals surface area contributed by atoms with E-state index in [9.17, 15) is 14.6 Å². The summed E-state index contributed by atoms with van der Waals surface area (Å²) < 4.78 is 19.1. The van der Waals surface area contributed by atoms with E-state index < -0.39 is 6.10 Å². The van der Waals surface area contributed by atoms with Gasteiger partial charge in [0.05, 0.1) is 0 Å². The van der Waals surface area contributed by atoms with Crippen LogP contribution in [-0.4, -0.2) is 53.1 Å². The molecular weight excluding hydrogens is 297 g/mol. The van der Waals surface area contributed by atoms with Gasteiger partial charge in [0.15, 0.2) is 0 Å². The topological polar surface area (TPSA) is 52.9 Å². The van der Waals surface area contributed by atoms with Crippen molar-refractivity contribution < 1.29 is 19.3 Å². The molecule has 0 amide bonds. The fourth-order valence-electron chi connectivity index (χ4n) is 3.83. The predicted octanol–water partition coefficient (Wildman–Crippen LogP) is 2.19. The Morgan fingerprint density at radius 2 is 1.96 bits per heavy atom. The Kier molecular flexibility index (Phi) is 5.51. The Balaban J connectivity index is 1.61. The van der Waals surface area contributed by atoms with Crippen molar-refractivity contribution >= 4 is 0 Å². The third kappa shape index (κ3) is 4.03. The number of aliphatic hydroxyl groups is 2. The van der Waals surface area contributed by atoms with E-state index in [-0.39, 0.29) is 24.6 Å². The highest BCUT2D eigenvalue weighted by atomic mass is 19.1. The normalized spacial score (nSPS) is 30.3. The average Bonchev–Trinajstić information content (AvgIpc) is 2.57. The van der Waals surface area contributed by atoms with Gasteiger partial charge in [-0.2, -0.15) is 0 Å². The second kappa shape index (κ2) is 7.60. The standard InChI is InChI=1S/C18H26FNO3/c19-14-3-1-4-15(11-14)23-17-6-2-5-16(18(17)22)20-9-7-13(12-21)8-10-20/h1,3-4,11,13,16-18,21-22H,2,5-10,12H2/t16-,17+,18+/m0/s1. The van der Waals surface area contributed by atoms with Gasteiger partial charge in [-0.15, -0.1) is 0 Å². The number of ether oxygens (including phenoxy) is 1. The first kappa shape index (κ1) is 16.7. The number of hydrogen-bond acceptors (Lipinski definition) is 4. The number of rotatable bonds is 4. The molecule has 4 nitrogen and oxygen atoms in total. The zero-order chi connectivity index (χ0) is 16.2. The van der Waals surface area contributed by atoms with Crippen molar-refractivity contribution in [3.05, 3.63) is 30.1 Å². The van der Waals surface area contributed by atoms with Crippen molar-refractivity contribution in [2.45, 2.75) is 50.4 Å². The smallest absolute Gasteiger partial charge is 0.126 e. The summed E-state index contributed by atoms with van der Waals surface area (Å²) in [7, 11) is 0. The quantitative estimate of drug-likeness (QED) is 0.892. The zero-order valence-corrected chi connectivity index (χ0v) is 13.4. The monoisotopic (exact) mass is 323 g/mol. The van der Waals surface area contributed by atoms with Crippen LogP contribution in [0.2, 0.25) is 0 Å². The Morgan fingerprint density at radius 3 is 2.65 bits per heavy atom. The number of halogens is 1. The molecule has 0 spiro atoms. The summed E-state index contributed by atoms with van der Waals surface area (Å²) in [5.41, 5.74) is 0. The average molecular weight is 323 g/mol. The summed E-state index contributed by atoms with van der Waals surface area (Å²) in [6.45, 7) is 2.09. The van der Waals surface area contributed by atoms with Gasteiger partial charge in [-0.1, -0.05) is 6.07 Å². The van der Waals surface area contributed by atoms with Crippen LogP contribution in [0.3, 0.4) is 0 Å². The fraction of sp³-hybridized carbons (Fsp3) is 0.667. The molecule has 1 saturated heterocycles. The molecule has 0 aromatic heterocycles. The molecule has 2 N–H and O–H groups in total. The molecule has 1 aliphatic heterocycles. The largest absolute Gasteiger partial charge is 0.488 e. The van der Waals surface area contributed by atoms with E-state index in [0.717, 1.165) is 45.2 Å². The minimum absolute atomic E-state index is 0.0990. The van der Waals surface area contributed by atoms with Gasteiger partial charge in [0, 0.05) is 18.7 Å². The van der Waals surface area contributed by atoms with Crippen molar-refractivity contribution in [1.29, 1.82) is 0 Å². The van der Waals surface area contributed by atoms with E-state index in [1.165, 1.54) is 12.1 Å². The molecule has 2 fully saturated rings. The minimum atomic E-state index is -0.558. The van der Waals surface area contributed by atoms with Crippen molar-refractivity contribution in [2.24, 2.45) is 5.92 Å². The molecule has 0 radical (unpaired) electrons. The van der Waals surface area contributed by atoms with Crippen LogP contribution in [0.25, 0.3) is 0 Å². The summed E-state index contributed by atoms with van der Waals surface area (Å²) in [5.74, 6) is 0.551. The molecule has 3 rings (SSSR count). The Hall–Kier alpha value is -1.17. The molecule has 2 aliphatic rings. The van der Waals surface area contributed by atoms with Gasteiger partial charge >= 0.3 is 0 Å². The Labute approximate surface area is 136 Å². The first-order valence-electron chi connectivity index (χ1n) is 8.62. The van der Waals surface area contributed by atoms with Crippen LogP contribution in [0.15, 0.2) is 24.3 Å². The van der Waals surface area contributed by atoms with Crippen LogP contribution in [0.4, 0.5) is 4.39 Å². The van der Waals surface area contributed by atoms with Gasteiger partial charge in [0.25, 0.3) is 0 Å². The second-order valence-corrected chi connectivity index (χ2v) is 6.76. The molecule has 0 bridgehead atoms. The van der Waals surface area contributed by atoms with Crippen LogP contribution in [0.5, 0.6) is 5.75 Å². The van der Waals surface area contributed by atoms with Crippen molar-refractivity contribution in [1.82, 2.24) is 4.90 Å². The minimum Gasteiger partial charge on any atom is -0.488 e. The third-order valence-corrected chi connectivity index (χ3v) is 5.22. The highest BCUT2D eigenvalue weighted by molar-refractivity contribution is 5.23. The second-order valence-electron chi connectivity index (χ2n) is 6.76. The van der Waals surface area contributed by atoms with Gasteiger partial charge < -0.3 is 14.9 Å². The van der Waals surface area contributed by atoms with Crippen molar-refractivity contribution in [2.75, 3.05) is 19.7 Å². The lowest BCUT2D eigenvalue weighted by molar-refractivity contribution is -0.0621. The van der Waals surface area contributed by atoms with E-state index in [4.69, 9.17) is 4.74 Å². The van der Waals surface area contributed by atoms with Crippen molar-refractivity contribution in [3.8, 4) is 5.75 Å². The van der Waals surface area contributed by atoms with Gasteiger partial charge in [-0.25, -0.2) is 4.39 Å². The highest BCUT2D eigenvalue weighted by Gasteiger charge is 2.38. The molecule has 1 heterocycles. The lowest BCUT2D eigenvalue weighted by Crippen LogP contribution is -2.54. The number of benzene rings is 1. The van der Waals surface area contributed by atoms with Gasteiger partial charge in [0.2, 0.25) is 0 Å². The van der Waals surface area contributed by atoms with Crippen LogP contribution in [0.1, 0.15) is 32.1 Å². The molecule has 128 valence electrons. The summed E-state index contributed by atoms with van der Waals surface area (Å²) in [6.07, 6.45) is 3.88. The molecule has 1 aliphatic carbocycles. The van der Waals surface area contributed by atoms with Crippen LogP contribution < -0.4 is 4.74 Å². The fourth-order valence-corrected chi connectivity index (χ4v) is 3.83.